The van der Waals surface area contributed by atoms with Gasteiger partial charge in [-0.25, -0.2) is 4.79 Å². The highest BCUT2D eigenvalue weighted by molar-refractivity contribution is 9.09. The first kappa shape index (κ1) is 15.4. The van der Waals surface area contributed by atoms with Crippen LogP contribution in [-0.2, 0) is 9.59 Å². The van der Waals surface area contributed by atoms with Gasteiger partial charge in [-0.05, 0) is 31.6 Å². The Morgan fingerprint density at radius 3 is 2.68 bits per heavy atom. The number of alkyl halides is 1. The van der Waals surface area contributed by atoms with E-state index in [1.165, 1.54) is 13.0 Å². The maximum absolute atomic E-state index is 11.5. The molecule has 1 unspecified atom stereocenters. The Morgan fingerprint density at radius 2 is 2.16 bits per heavy atom. The van der Waals surface area contributed by atoms with E-state index >= 15 is 0 Å². The molecule has 1 aromatic carbocycles. The molecular formula is C14H15BrO4. The standard InChI is InChI=1S/C14H15BrO4/c1-3-19-11-6-4-5-10(7-8-12(17)18)13(11)14(15)9(2)16/h4-8,14H,3H2,1-2H3,(H,17,18). The minimum absolute atomic E-state index is 0.0721. The number of hydrogen-bond donors (Lipinski definition) is 1. The molecule has 0 fully saturated rings. The van der Waals surface area contributed by atoms with E-state index in [0.29, 0.717) is 23.5 Å². The molecule has 1 N–H and O–H groups in total. The summed E-state index contributed by atoms with van der Waals surface area (Å²) in [6.07, 6.45) is 2.49. The number of ether oxygens (including phenoxy) is 1. The predicted octanol–water partition coefficient (Wildman–Crippen LogP) is 3.21. The van der Waals surface area contributed by atoms with Gasteiger partial charge in [0.05, 0.1) is 6.61 Å². The molecule has 19 heavy (non-hydrogen) atoms. The van der Waals surface area contributed by atoms with Crippen molar-refractivity contribution < 1.29 is 19.4 Å². The first-order chi connectivity index (χ1) is 8.97. The average molecular weight is 327 g/mol. The van der Waals surface area contributed by atoms with Crippen molar-refractivity contribution in [3.63, 3.8) is 0 Å². The summed E-state index contributed by atoms with van der Waals surface area (Å²) >= 11 is 3.32. The van der Waals surface area contributed by atoms with Gasteiger partial charge >= 0.3 is 5.97 Å². The van der Waals surface area contributed by atoms with Crippen LogP contribution in [0.1, 0.15) is 29.8 Å². The fraction of sp³-hybridized carbons (Fsp3) is 0.286. The number of halogens is 1. The molecule has 0 amide bonds. The first-order valence-electron chi connectivity index (χ1n) is 5.78. The maximum atomic E-state index is 11.5. The van der Waals surface area contributed by atoms with Crippen molar-refractivity contribution in [1.82, 2.24) is 0 Å². The Balaban J connectivity index is 3.32. The lowest BCUT2D eigenvalue weighted by Gasteiger charge is -2.16. The number of benzene rings is 1. The lowest BCUT2D eigenvalue weighted by Crippen LogP contribution is -2.07. The van der Waals surface area contributed by atoms with Crippen LogP contribution in [0.15, 0.2) is 24.3 Å². The molecule has 5 heteroatoms. The second kappa shape index (κ2) is 7.09. The van der Waals surface area contributed by atoms with Gasteiger partial charge in [0.2, 0.25) is 0 Å². The van der Waals surface area contributed by atoms with Gasteiger partial charge in [-0.15, -0.1) is 0 Å². The summed E-state index contributed by atoms with van der Waals surface area (Å²) in [7, 11) is 0. The summed E-state index contributed by atoms with van der Waals surface area (Å²) in [5, 5.41) is 8.69. The van der Waals surface area contributed by atoms with Crippen LogP contribution in [0.5, 0.6) is 5.75 Å². The highest BCUT2D eigenvalue weighted by Crippen LogP contribution is 2.35. The largest absolute Gasteiger partial charge is 0.494 e. The summed E-state index contributed by atoms with van der Waals surface area (Å²) in [5.41, 5.74) is 1.29. The molecular weight excluding hydrogens is 312 g/mol. The molecule has 0 aliphatic heterocycles. The fourth-order valence-corrected chi connectivity index (χ4v) is 2.11. The zero-order chi connectivity index (χ0) is 14.4. The van der Waals surface area contributed by atoms with E-state index in [4.69, 9.17) is 9.84 Å². The molecule has 1 aromatic rings. The van der Waals surface area contributed by atoms with Crippen LogP contribution in [0.3, 0.4) is 0 Å². The zero-order valence-electron chi connectivity index (χ0n) is 10.7. The summed E-state index contributed by atoms with van der Waals surface area (Å²) < 4.78 is 5.49. The number of aliphatic carboxylic acids is 1. The maximum Gasteiger partial charge on any atom is 0.328 e. The zero-order valence-corrected chi connectivity index (χ0v) is 12.3. The highest BCUT2D eigenvalue weighted by Gasteiger charge is 2.20. The Bertz CT molecular complexity index is 508. The molecule has 4 nitrogen and oxygen atoms in total. The van der Waals surface area contributed by atoms with Crippen LogP contribution in [0.25, 0.3) is 6.08 Å². The van der Waals surface area contributed by atoms with E-state index in [9.17, 15) is 9.59 Å². The van der Waals surface area contributed by atoms with Crippen molar-refractivity contribution >= 4 is 33.8 Å². The van der Waals surface area contributed by atoms with E-state index in [0.717, 1.165) is 6.08 Å². The number of Topliss-reactive ketones (excluding diaryl/α,β-unsaturated/α-hetero) is 1. The van der Waals surface area contributed by atoms with E-state index in [1.807, 2.05) is 6.92 Å². The highest BCUT2D eigenvalue weighted by atomic mass is 79.9. The third-order valence-electron chi connectivity index (χ3n) is 2.42. The number of rotatable bonds is 6. The van der Waals surface area contributed by atoms with Crippen LogP contribution in [0, 0.1) is 0 Å². The fourth-order valence-electron chi connectivity index (χ4n) is 1.62. The summed E-state index contributed by atoms with van der Waals surface area (Å²) in [4.78, 5) is 21.6. The van der Waals surface area contributed by atoms with Crippen LogP contribution >= 0.6 is 15.9 Å². The van der Waals surface area contributed by atoms with Gasteiger partial charge in [0.15, 0.2) is 0 Å². The lowest BCUT2D eigenvalue weighted by molar-refractivity contribution is -0.131. The Kier molecular flexibility index (Phi) is 5.76. The minimum atomic E-state index is -1.04. The quantitative estimate of drug-likeness (QED) is 0.644. The molecule has 1 atom stereocenters. The number of hydrogen-bond acceptors (Lipinski definition) is 3. The SMILES string of the molecule is CCOc1cccc(C=CC(=O)O)c1C(Br)C(C)=O. The lowest BCUT2D eigenvalue weighted by atomic mass is 10.0. The van der Waals surface area contributed by atoms with Crippen molar-refractivity contribution in [2.45, 2.75) is 18.7 Å². The van der Waals surface area contributed by atoms with E-state index < -0.39 is 10.8 Å². The van der Waals surface area contributed by atoms with Crippen molar-refractivity contribution in [2.24, 2.45) is 0 Å². The Morgan fingerprint density at radius 1 is 1.47 bits per heavy atom. The van der Waals surface area contributed by atoms with Gasteiger partial charge in [-0.1, -0.05) is 28.1 Å². The number of carbonyl (C=O) groups excluding carboxylic acids is 1. The third-order valence-corrected chi connectivity index (χ3v) is 3.52. The molecule has 0 heterocycles. The van der Waals surface area contributed by atoms with Gasteiger partial charge < -0.3 is 9.84 Å². The van der Waals surface area contributed by atoms with Gasteiger partial charge in [0.25, 0.3) is 0 Å². The Labute approximate surface area is 120 Å². The normalized spacial score (nSPS) is 12.4. The van der Waals surface area contributed by atoms with E-state index in [1.54, 1.807) is 18.2 Å². The number of carboxylic acids is 1. The molecule has 0 saturated carbocycles. The summed E-state index contributed by atoms with van der Waals surface area (Å²) in [5.74, 6) is -0.536. The minimum Gasteiger partial charge on any atom is -0.494 e. The van der Waals surface area contributed by atoms with Gasteiger partial charge in [-0.3, -0.25) is 4.79 Å². The van der Waals surface area contributed by atoms with Gasteiger partial charge in [0.1, 0.15) is 16.4 Å². The van der Waals surface area contributed by atoms with E-state index in [-0.39, 0.29) is 5.78 Å². The summed E-state index contributed by atoms with van der Waals surface area (Å²) in [6.45, 7) is 3.78. The van der Waals surface area contributed by atoms with Crippen LogP contribution in [-0.4, -0.2) is 23.5 Å². The third kappa shape index (κ3) is 4.21. The molecule has 0 bridgehead atoms. The van der Waals surface area contributed by atoms with Crippen molar-refractivity contribution in [3.8, 4) is 5.75 Å². The van der Waals surface area contributed by atoms with Crippen molar-refractivity contribution in [2.75, 3.05) is 6.61 Å². The van der Waals surface area contributed by atoms with Gasteiger partial charge in [-0.2, -0.15) is 0 Å². The predicted molar refractivity (Wildman–Crippen MR) is 76.6 cm³/mol. The molecule has 0 aromatic heterocycles. The molecule has 1 rings (SSSR count). The smallest absolute Gasteiger partial charge is 0.328 e. The average Bonchev–Trinajstić information content (AvgIpc) is 2.36. The number of carboxylic acid groups (broad SMARTS) is 1. The second-order valence-electron chi connectivity index (χ2n) is 3.84. The number of carbonyl (C=O) groups is 2. The van der Waals surface area contributed by atoms with Crippen molar-refractivity contribution in [1.29, 1.82) is 0 Å². The second-order valence-corrected chi connectivity index (χ2v) is 4.75. The monoisotopic (exact) mass is 326 g/mol. The molecule has 0 spiro atoms. The van der Waals surface area contributed by atoms with E-state index in [2.05, 4.69) is 15.9 Å². The van der Waals surface area contributed by atoms with Crippen LogP contribution in [0.2, 0.25) is 0 Å². The molecule has 102 valence electrons. The molecule has 0 radical (unpaired) electrons. The number of ketones is 1. The topological polar surface area (TPSA) is 63.6 Å². The first-order valence-corrected chi connectivity index (χ1v) is 6.70. The summed E-state index contributed by atoms with van der Waals surface area (Å²) in [6, 6.07) is 5.26. The Hall–Kier alpha value is -1.62. The van der Waals surface area contributed by atoms with Gasteiger partial charge in [0, 0.05) is 11.6 Å². The van der Waals surface area contributed by atoms with Crippen LogP contribution < -0.4 is 4.74 Å². The molecule has 0 aliphatic carbocycles. The molecule has 0 aliphatic rings. The molecule has 0 saturated heterocycles. The van der Waals surface area contributed by atoms with Crippen LogP contribution in [0.4, 0.5) is 0 Å². The van der Waals surface area contributed by atoms with Crippen molar-refractivity contribution in [3.05, 3.63) is 35.4 Å².